The van der Waals surface area contributed by atoms with Crippen LogP contribution in [0.3, 0.4) is 0 Å². The third-order valence-corrected chi connectivity index (χ3v) is 10.7. The van der Waals surface area contributed by atoms with Gasteiger partial charge in [0.05, 0.1) is 11.9 Å². The second-order valence-corrected chi connectivity index (χ2v) is 13.3. The van der Waals surface area contributed by atoms with Crippen LogP contribution in [0.2, 0.25) is 0 Å². The molecule has 4 heterocycles. The van der Waals surface area contributed by atoms with Crippen LogP contribution in [-0.4, -0.2) is 74.8 Å². The number of carboxylic acids is 3. The number of carbonyl (C=O) groups excluding carboxylic acids is 5. The molecule has 15 nitrogen and oxygen atoms in total. The molecular formula is C28H24N6Na2O9S3. The molecule has 4 atom stereocenters. The minimum Gasteiger partial charge on any atom is -0.549 e. The van der Waals surface area contributed by atoms with E-state index < -0.39 is 58.4 Å². The summed E-state index contributed by atoms with van der Waals surface area (Å²) in [5.41, 5.74) is 4.11. The number of thiazole rings is 1. The van der Waals surface area contributed by atoms with E-state index in [1.807, 2.05) is 0 Å². The Kier molecular flexibility index (Phi) is 14.3. The predicted octanol–water partition coefficient (Wildman–Crippen LogP) is -9.09. The molecule has 1 aromatic carbocycles. The first-order valence-corrected chi connectivity index (χ1v) is 16.4. The van der Waals surface area contributed by atoms with Crippen LogP contribution in [-0.2, 0) is 35.4 Å². The van der Waals surface area contributed by atoms with Gasteiger partial charge in [-0.3, -0.25) is 9.59 Å². The molecule has 0 aliphatic carbocycles. The molecular weight excluding hydrogens is 707 g/mol. The number of aromatic nitrogens is 2. The number of hydrogen-bond donors (Lipinski definition) is 2. The van der Waals surface area contributed by atoms with Gasteiger partial charge in [0, 0.05) is 51.4 Å². The van der Waals surface area contributed by atoms with Gasteiger partial charge in [0.1, 0.15) is 23.1 Å². The minimum absolute atomic E-state index is 0. The van der Waals surface area contributed by atoms with Gasteiger partial charge in [-0.15, -0.1) is 34.9 Å². The maximum atomic E-state index is 13.4. The fourth-order valence-corrected chi connectivity index (χ4v) is 7.98. The van der Waals surface area contributed by atoms with Crippen molar-refractivity contribution < 1.29 is 108 Å². The first-order chi connectivity index (χ1) is 22.0. The smallest absolute Gasteiger partial charge is 0.549 e. The third kappa shape index (κ3) is 9.10. The Morgan fingerprint density at radius 3 is 2.42 bits per heavy atom. The van der Waals surface area contributed by atoms with Gasteiger partial charge in [-0.25, -0.2) is 4.98 Å². The van der Waals surface area contributed by atoms with E-state index in [1.54, 1.807) is 30.3 Å². The Morgan fingerprint density at radius 2 is 1.83 bits per heavy atom. The second kappa shape index (κ2) is 17.3. The molecule has 3 N–H and O–H groups in total. The number of nitrogens with zero attached hydrogens (tertiary/aromatic N) is 4. The van der Waals surface area contributed by atoms with Crippen LogP contribution in [0.15, 0.2) is 70.3 Å². The molecule has 2 saturated heterocycles. The molecule has 3 unspecified atom stereocenters. The van der Waals surface area contributed by atoms with E-state index in [9.17, 15) is 39.3 Å². The van der Waals surface area contributed by atoms with Crippen LogP contribution >= 0.6 is 34.9 Å². The maximum absolute atomic E-state index is 13.4. The molecule has 0 bridgehead atoms. The van der Waals surface area contributed by atoms with E-state index in [0.29, 0.717) is 4.90 Å². The molecule has 2 aliphatic rings. The minimum atomic E-state index is -1.65. The van der Waals surface area contributed by atoms with Crippen LogP contribution in [0.4, 0.5) is 5.13 Å². The number of nitrogens with two attached hydrogens (primary N) is 1. The number of hydrogen-bond acceptors (Lipinski definition) is 15. The van der Waals surface area contributed by atoms with E-state index in [1.165, 1.54) is 62.9 Å². The first-order valence-electron chi connectivity index (χ1n) is 13.4. The Bertz CT molecular complexity index is 1700. The number of amides is 2. The predicted molar refractivity (Wildman–Crippen MR) is 158 cm³/mol. The standard InChI is InChI=1S/C28H26N6O9S3.2Na/c29-27-30-17(11-44-27)19(32-43-21(25(39)40)15-4-2-1-3-5-15)22(37)31-20-23(38)34-12-28(26(41)42,14-46-24(20)34)13-45-16-6-8-33(9-7-16)10-18(35)36;;/h1-9,11,20-21,24H,10,12-14H2,(H5-,29,30,31,35,36,37,39,40,41,42);;/q;2*+1/p-2/t20?,21?,24-,28?;;/m1../s1. The van der Waals surface area contributed by atoms with Crippen molar-refractivity contribution in [3.05, 3.63) is 71.5 Å². The molecule has 2 fully saturated rings. The van der Waals surface area contributed by atoms with E-state index in [2.05, 4.69) is 15.5 Å². The summed E-state index contributed by atoms with van der Waals surface area (Å²) in [6.07, 6.45) is 1.42. The first kappa shape index (κ1) is 39.8. The number of β-lactam (4-membered cyclic amide) rings is 1. The Balaban J connectivity index is 0.00000312. The molecule has 48 heavy (non-hydrogen) atoms. The summed E-state index contributed by atoms with van der Waals surface area (Å²) in [5.74, 6) is -5.44. The van der Waals surface area contributed by atoms with Gasteiger partial charge in [0.15, 0.2) is 35.9 Å². The molecule has 2 amide bonds. The summed E-state index contributed by atoms with van der Waals surface area (Å²) in [6, 6.07) is 10.1. The summed E-state index contributed by atoms with van der Waals surface area (Å²) in [4.78, 5) is 72.8. The number of rotatable bonds is 13. The van der Waals surface area contributed by atoms with Crippen molar-refractivity contribution >= 4 is 75.4 Å². The second-order valence-electron chi connectivity index (χ2n) is 10.3. The van der Waals surface area contributed by atoms with E-state index >= 15 is 0 Å². The summed E-state index contributed by atoms with van der Waals surface area (Å²) < 4.78 is 1.40. The Labute approximate surface area is 330 Å². The number of fused-ring (bicyclic) bond motifs is 1. The molecule has 20 heteroatoms. The molecule has 0 saturated carbocycles. The maximum Gasteiger partial charge on any atom is 1.00 e. The molecule has 3 aromatic rings. The number of nitrogens with one attached hydrogen (secondary N) is 1. The largest absolute Gasteiger partial charge is 1.00 e. The number of benzene rings is 1. The Morgan fingerprint density at radius 1 is 1.15 bits per heavy atom. The number of pyridine rings is 1. The summed E-state index contributed by atoms with van der Waals surface area (Å²) in [5, 5.41) is 42.2. The van der Waals surface area contributed by atoms with Crippen molar-refractivity contribution in [1.29, 1.82) is 0 Å². The van der Waals surface area contributed by atoms with Gasteiger partial charge in [-0.2, -0.15) is 4.57 Å². The van der Waals surface area contributed by atoms with Gasteiger partial charge in [-0.1, -0.05) is 35.5 Å². The van der Waals surface area contributed by atoms with Crippen LogP contribution in [0.25, 0.3) is 0 Å². The number of nitrogen functional groups attached to an aromatic ring is 1. The van der Waals surface area contributed by atoms with Gasteiger partial charge in [0.2, 0.25) is 5.91 Å². The summed E-state index contributed by atoms with van der Waals surface area (Å²) in [7, 11) is 0. The fourth-order valence-electron chi connectivity index (χ4n) is 4.70. The molecule has 0 spiro atoms. The van der Waals surface area contributed by atoms with Crippen molar-refractivity contribution in [3.8, 4) is 0 Å². The van der Waals surface area contributed by atoms with Crippen molar-refractivity contribution in [2.75, 3.05) is 23.8 Å². The van der Waals surface area contributed by atoms with Gasteiger partial charge in [0.25, 0.3) is 5.91 Å². The number of aliphatic carboxylic acids is 3. The number of carboxylic acid groups (broad SMARTS) is 3. The molecule has 2 aliphatic heterocycles. The quantitative estimate of drug-likeness (QED) is 0.0416. The van der Waals surface area contributed by atoms with Crippen molar-refractivity contribution in [2.24, 2.45) is 10.6 Å². The topological polar surface area (TPSA) is 234 Å². The zero-order chi connectivity index (χ0) is 33.0. The zero-order valence-corrected chi connectivity index (χ0v) is 32.0. The molecule has 0 radical (unpaired) electrons. The normalized spacial score (nSPS) is 20.5. The van der Waals surface area contributed by atoms with Crippen LogP contribution < -0.4 is 90.1 Å². The number of thioether (sulfide) groups is 2. The van der Waals surface area contributed by atoms with Gasteiger partial charge >= 0.3 is 59.1 Å². The van der Waals surface area contributed by atoms with E-state index in [0.717, 1.165) is 11.3 Å². The van der Waals surface area contributed by atoms with Crippen molar-refractivity contribution in [3.63, 3.8) is 0 Å². The summed E-state index contributed by atoms with van der Waals surface area (Å²) in [6.45, 7) is -0.479. The average molecular weight is 731 g/mol. The molecule has 5 rings (SSSR count). The van der Waals surface area contributed by atoms with Gasteiger partial charge < -0.3 is 50.5 Å². The number of anilines is 1. The van der Waals surface area contributed by atoms with Crippen molar-refractivity contribution in [2.45, 2.75) is 29.0 Å². The monoisotopic (exact) mass is 730 g/mol. The van der Waals surface area contributed by atoms with E-state index in [-0.39, 0.29) is 100 Å². The number of carbonyl (C=O) groups is 5. The SMILES string of the molecule is Nc1nc(C(=NOC(C(=O)[O-])c2ccccc2)C(=O)NC2C(=O)N3CC(CSc4cc[n+](CC(=O)[O-])cc4)(C(=O)[O-])CS[C@H]23)cs1.[Na+].[Na+]. The summed E-state index contributed by atoms with van der Waals surface area (Å²) >= 11 is 3.39. The molecule has 2 aromatic heterocycles. The van der Waals surface area contributed by atoms with Gasteiger partial charge in [-0.05, 0) is 0 Å². The average Bonchev–Trinajstić information content (AvgIpc) is 3.46. The van der Waals surface area contributed by atoms with Crippen molar-refractivity contribution in [1.82, 2.24) is 15.2 Å². The third-order valence-electron chi connectivity index (χ3n) is 7.10. The number of oxime groups is 1. The van der Waals surface area contributed by atoms with Crippen LogP contribution in [0.5, 0.6) is 0 Å². The Hall–Kier alpha value is -2.68. The van der Waals surface area contributed by atoms with Crippen LogP contribution in [0.1, 0.15) is 17.4 Å². The zero-order valence-electron chi connectivity index (χ0n) is 25.6. The van der Waals surface area contributed by atoms with Crippen LogP contribution in [0, 0.1) is 5.41 Å². The fraction of sp³-hybridized carbons (Fsp3) is 0.286. The van der Waals surface area contributed by atoms with E-state index in [4.69, 9.17) is 10.6 Å². The molecule has 240 valence electrons.